The molecule has 1 aliphatic heterocycles. The third kappa shape index (κ3) is 3.75. The monoisotopic (exact) mass is 287 g/mol. The van der Waals surface area contributed by atoms with Crippen LogP contribution in [0.3, 0.4) is 0 Å². The number of nitrogens with zero attached hydrogens (tertiary/aromatic N) is 1. The zero-order valence-electron chi connectivity index (χ0n) is 6.97. The molecule has 2 nitrogen and oxygen atoms in total. The van der Waals surface area contributed by atoms with E-state index in [9.17, 15) is 0 Å². The van der Waals surface area contributed by atoms with Gasteiger partial charge >= 0.3 is 0 Å². The molecule has 0 radical (unpaired) electrons. The largest absolute Gasteiger partial charge is 1.00 e. The molecule has 4 heteroatoms. The van der Waals surface area contributed by atoms with Gasteiger partial charge in [-0.05, 0) is 6.26 Å². The Hall–Kier alpha value is 0.710. The Morgan fingerprint density at radius 3 is 2.36 bits per heavy atom. The molecule has 0 aliphatic carbocycles. The quantitative estimate of drug-likeness (QED) is 0.285. The van der Waals surface area contributed by atoms with Crippen LogP contribution in [0.5, 0.6) is 0 Å². The van der Waals surface area contributed by atoms with Gasteiger partial charge in [-0.25, -0.2) is 4.58 Å². The lowest BCUT2D eigenvalue weighted by molar-refractivity contribution is -0.547. The van der Waals surface area contributed by atoms with Crippen molar-refractivity contribution in [1.29, 1.82) is 0 Å². The van der Waals surface area contributed by atoms with Gasteiger partial charge in [-0.3, -0.25) is 0 Å². The highest BCUT2D eigenvalue weighted by atomic mass is 127. The molecule has 0 bridgehead atoms. The van der Waals surface area contributed by atoms with E-state index >= 15 is 0 Å². The van der Waals surface area contributed by atoms with Crippen LogP contribution in [0.4, 0.5) is 0 Å². The summed E-state index contributed by atoms with van der Waals surface area (Å²) in [7, 11) is 0. The second kappa shape index (κ2) is 6.25. The summed E-state index contributed by atoms with van der Waals surface area (Å²) in [5, 5.41) is 1.41. The smallest absolute Gasteiger partial charge is 0.207 e. The molecule has 0 saturated carbocycles. The molecule has 66 valence electrons. The Bertz CT molecular complexity index is 141. The second-order valence-electron chi connectivity index (χ2n) is 2.32. The molecule has 0 amide bonds. The minimum absolute atomic E-state index is 0. The topological polar surface area (TPSA) is 12.2 Å². The Balaban J connectivity index is 0.000001000. The number of thioether (sulfide) groups is 1. The van der Waals surface area contributed by atoms with Crippen molar-refractivity contribution < 1.29 is 33.3 Å². The summed E-state index contributed by atoms with van der Waals surface area (Å²) in [5.74, 6) is 0. The van der Waals surface area contributed by atoms with Gasteiger partial charge < -0.3 is 28.7 Å². The van der Waals surface area contributed by atoms with E-state index in [1.165, 1.54) is 5.04 Å². The third-order valence-electron chi connectivity index (χ3n) is 1.75. The predicted octanol–water partition coefficient (Wildman–Crippen LogP) is -2.19. The SMILES string of the molecule is CSC(C)=[N+]1CCOCC1.[I-]. The van der Waals surface area contributed by atoms with Gasteiger partial charge in [-0.15, -0.1) is 0 Å². The standard InChI is InChI=1S/C7H14NOS.HI/c1-7(10-2)8-3-5-9-6-4-8;/h3-6H2,1-2H3;1H/q+1;/p-1. The van der Waals surface area contributed by atoms with E-state index in [2.05, 4.69) is 17.8 Å². The van der Waals surface area contributed by atoms with Crippen LogP contribution in [0.2, 0.25) is 0 Å². The number of halogens is 1. The zero-order chi connectivity index (χ0) is 7.40. The van der Waals surface area contributed by atoms with Gasteiger partial charge in [0, 0.05) is 6.92 Å². The van der Waals surface area contributed by atoms with Crippen molar-refractivity contribution >= 4 is 16.8 Å². The number of ether oxygens (including phenoxy) is 1. The Labute approximate surface area is 89.4 Å². The molecule has 0 aromatic rings. The van der Waals surface area contributed by atoms with Crippen LogP contribution in [0, 0.1) is 0 Å². The molecule has 1 heterocycles. The summed E-state index contributed by atoms with van der Waals surface area (Å²) >= 11 is 1.82. The van der Waals surface area contributed by atoms with Gasteiger partial charge in [0.2, 0.25) is 5.04 Å². The average molecular weight is 287 g/mol. The number of hydrogen-bond donors (Lipinski definition) is 0. The van der Waals surface area contributed by atoms with Gasteiger partial charge in [0.1, 0.15) is 13.2 Å². The average Bonchev–Trinajstić information content (AvgIpc) is 2.05. The van der Waals surface area contributed by atoms with E-state index in [1.807, 2.05) is 11.8 Å². The summed E-state index contributed by atoms with van der Waals surface area (Å²) in [4.78, 5) is 0. The molecule has 1 aliphatic rings. The van der Waals surface area contributed by atoms with Crippen molar-refractivity contribution in [3.63, 3.8) is 0 Å². The van der Waals surface area contributed by atoms with Gasteiger partial charge in [0.15, 0.2) is 13.1 Å². The van der Waals surface area contributed by atoms with Crippen molar-refractivity contribution in [1.82, 2.24) is 0 Å². The molecule has 0 N–H and O–H groups in total. The summed E-state index contributed by atoms with van der Waals surface area (Å²) < 4.78 is 7.60. The first-order valence-electron chi connectivity index (χ1n) is 3.55. The number of hydrogen-bond acceptors (Lipinski definition) is 2. The van der Waals surface area contributed by atoms with Gasteiger partial charge in [-0.2, -0.15) is 0 Å². The maximum Gasteiger partial charge on any atom is 0.207 e. The zero-order valence-corrected chi connectivity index (χ0v) is 9.94. The number of morpholine rings is 1. The van der Waals surface area contributed by atoms with Crippen molar-refractivity contribution in [2.24, 2.45) is 0 Å². The molecule has 11 heavy (non-hydrogen) atoms. The first kappa shape index (κ1) is 11.7. The first-order chi connectivity index (χ1) is 4.84. The third-order valence-corrected chi connectivity index (χ3v) is 2.60. The van der Waals surface area contributed by atoms with E-state index in [1.54, 1.807) is 0 Å². The second-order valence-corrected chi connectivity index (χ2v) is 3.32. The van der Waals surface area contributed by atoms with E-state index in [-0.39, 0.29) is 24.0 Å². The summed E-state index contributed by atoms with van der Waals surface area (Å²) in [6.07, 6.45) is 2.12. The summed E-state index contributed by atoms with van der Waals surface area (Å²) in [6, 6.07) is 0. The molecule has 0 aromatic carbocycles. The van der Waals surface area contributed by atoms with E-state index in [0.29, 0.717) is 0 Å². The number of rotatable bonds is 0. The first-order valence-corrected chi connectivity index (χ1v) is 4.77. The van der Waals surface area contributed by atoms with Crippen LogP contribution in [-0.2, 0) is 4.74 Å². The highest BCUT2D eigenvalue weighted by Crippen LogP contribution is 1.99. The van der Waals surface area contributed by atoms with E-state index < -0.39 is 0 Å². The fraction of sp³-hybridized carbons (Fsp3) is 0.857. The Morgan fingerprint density at radius 1 is 1.36 bits per heavy atom. The van der Waals surface area contributed by atoms with Crippen molar-refractivity contribution in [2.45, 2.75) is 6.92 Å². The summed E-state index contributed by atoms with van der Waals surface area (Å²) in [5.41, 5.74) is 0. The lowest BCUT2D eigenvalue weighted by Gasteiger charge is -2.11. The fourth-order valence-electron chi connectivity index (χ4n) is 1.01. The van der Waals surface area contributed by atoms with E-state index in [4.69, 9.17) is 4.74 Å². The predicted molar refractivity (Wildman–Crippen MR) is 45.0 cm³/mol. The molecule has 0 spiro atoms. The van der Waals surface area contributed by atoms with Crippen LogP contribution >= 0.6 is 11.8 Å². The summed E-state index contributed by atoms with van der Waals surface area (Å²) in [6.45, 7) is 6.06. The minimum atomic E-state index is 0. The minimum Gasteiger partial charge on any atom is -1.00 e. The molecule has 0 atom stereocenters. The van der Waals surface area contributed by atoms with Crippen LogP contribution < -0.4 is 24.0 Å². The van der Waals surface area contributed by atoms with Crippen LogP contribution in [0.25, 0.3) is 0 Å². The van der Waals surface area contributed by atoms with Crippen LogP contribution in [0.1, 0.15) is 6.92 Å². The van der Waals surface area contributed by atoms with Crippen molar-refractivity contribution in [3.05, 3.63) is 0 Å². The van der Waals surface area contributed by atoms with E-state index in [0.717, 1.165) is 26.3 Å². The molecule has 1 rings (SSSR count). The van der Waals surface area contributed by atoms with Crippen LogP contribution in [0.15, 0.2) is 0 Å². The molecule has 0 aromatic heterocycles. The molecular weight excluding hydrogens is 273 g/mol. The Morgan fingerprint density at radius 2 is 1.91 bits per heavy atom. The molecular formula is C7H14INOS. The molecule has 1 saturated heterocycles. The normalized spacial score (nSPS) is 17.5. The molecule has 0 unspecified atom stereocenters. The fourth-order valence-corrected chi connectivity index (χ4v) is 1.45. The highest BCUT2D eigenvalue weighted by Gasteiger charge is 2.13. The Kier molecular flexibility index (Phi) is 6.65. The maximum absolute atomic E-state index is 5.23. The molecule has 1 fully saturated rings. The van der Waals surface area contributed by atoms with Gasteiger partial charge in [-0.1, -0.05) is 11.8 Å². The van der Waals surface area contributed by atoms with Gasteiger partial charge in [0.25, 0.3) is 0 Å². The van der Waals surface area contributed by atoms with Crippen molar-refractivity contribution in [2.75, 3.05) is 32.6 Å². The lowest BCUT2D eigenvalue weighted by Crippen LogP contribution is -3.00. The van der Waals surface area contributed by atoms with Gasteiger partial charge in [0.05, 0.1) is 0 Å². The maximum atomic E-state index is 5.23. The van der Waals surface area contributed by atoms with Crippen molar-refractivity contribution in [3.8, 4) is 0 Å². The van der Waals surface area contributed by atoms with Crippen LogP contribution in [-0.4, -0.2) is 42.2 Å². The lowest BCUT2D eigenvalue weighted by atomic mass is 10.5. The highest BCUT2D eigenvalue weighted by molar-refractivity contribution is 8.13.